The van der Waals surface area contributed by atoms with Crippen molar-refractivity contribution in [3.63, 3.8) is 0 Å². The Hall–Kier alpha value is -4.17. The van der Waals surface area contributed by atoms with Crippen molar-refractivity contribution in [3.8, 4) is 5.75 Å². The first-order valence-corrected chi connectivity index (χ1v) is 13.0. The fourth-order valence-corrected chi connectivity index (χ4v) is 5.51. The van der Waals surface area contributed by atoms with Crippen LogP contribution in [0.25, 0.3) is 0 Å². The van der Waals surface area contributed by atoms with Gasteiger partial charge < -0.3 is 20.1 Å². The molecule has 3 aromatic rings. The Morgan fingerprint density at radius 3 is 2.69 bits per heavy atom. The van der Waals surface area contributed by atoms with Crippen LogP contribution in [0.5, 0.6) is 5.75 Å². The number of nitrogens with zero attached hydrogens (tertiary/aromatic N) is 1. The van der Waals surface area contributed by atoms with Crippen LogP contribution in [-0.2, 0) is 4.79 Å². The van der Waals surface area contributed by atoms with Crippen molar-refractivity contribution in [2.75, 3.05) is 23.4 Å². The summed E-state index contributed by atoms with van der Waals surface area (Å²) in [7, 11) is 0. The van der Waals surface area contributed by atoms with E-state index in [1.807, 2.05) is 30.3 Å². The molecule has 1 heterocycles. The minimum atomic E-state index is -0.899. The number of carboxylic acids is 1. The SMILES string of the molecule is CCOc1cc(C(=O)N2CCC3CC(C(=O)O)=C[C@@H]3c3ccccc32)ccc1NC(=O)c1cc(F)ccc1Cl. The zero-order valence-corrected chi connectivity index (χ0v) is 21.9. The number of halogens is 2. The third-order valence-electron chi connectivity index (χ3n) is 7.15. The summed E-state index contributed by atoms with van der Waals surface area (Å²) in [5, 5.41) is 12.3. The molecule has 1 aliphatic carbocycles. The van der Waals surface area contributed by atoms with Gasteiger partial charge in [-0.15, -0.1) is 0 Å². The molecule has 0 aromatic heterocycles. The fraction of sp³-hybridized carbons (Fsp3) is 0.233. The number of carbonyl (C=O) groups is 3. The Kier molecular flexibility index (Phi) is 7.39. The van der Waals surface area contributed by atoms with E-state index >= 15 is 0 Å². The first-order valence-electron chi connectivity index (χ1n) is 12.6. The van der Waals surface area contributed by atoms with Gasteiger partial charge in [-0.2, -0.15) is 0 Å². The first-order chi connectivity index (χ1) is 18.8. The Morgan fingerprint density at radius 2 is 1.92 bits per heavy atom. The van der Waals surface area contributed by atoms with Crippen LogP contribution in [0.2, 0.25) is 5.02 Å². The van der Waals surface area contributed by atoms with Crippen LogP contribution >= 0.6 is 11.6 Å². The quantitative estimate of drug-likeness (QED) is 0.377. The summed E-state index contributed by atoms with van der Waals surface area (Å²) >= 11 is 6.08. The average Bonchev–Trinajstić information content (AvgIpc) is 3.29. The monoisotopic (exact) mass is 548 g/mol. The normalized spacial score (nSPS) is 17.9. The molecule has 2 atom stereocenters. The number of hydrogen-bond donors (Lipinski definition) is 2. The predicted octanol–water partition coefficient (Wildman–Crippen LogP) is 6.30. The summed E-state index contributed by atoms with van der Waals surface area (Å²) < 4.78 is 19.4. The number of rotatable bonds is 6. The molecule has 0 saturated carbocycles. The van der Waals surface area contributed by atoms with Crippen molar-refractivity contribution in [1.82, 2.24) is 0 Å². The third kappa shape index (κ3) is 5.25. The lowest BCUT2D eigenvalue weighted by molar-refractivity contribution is -0.132. The van der Waals surface area contributed by atoms with Crippen LogP contribution in [0, 0.1) is 11.7 Å². The predicted molar refractivity (Wildman–Crippen MR) is 146 cm³/mol. The Morgan fingerprint density at radius 1 is 1.13 bits per heavy atom. The van der Waals surface area contributed by atoms with E-state index in [0.717, 1.165) is 17.3 Å². The van der Waals surface area contributed by atoms with E-state index in [1.165, 1.54) is 12.1 Å². The molecule has 39 heavy (non-hydrogen) atoms. The Labute approximate surface area is 229 Å². The summed E-state index contributed by atoms with van der Waals surface area (Å²) in [5.74, 6) is -2.02. The minimum absolute atomic E-state index is 0.0221. The molecule has 0 spiro atoms. The summed E-state index contributed by atoms with van der Waals surface area (Å²) in [5.41, 5.74) is 2.74. The van der Waals surface area contributed by atoms with Crippen LogP contribution in [0.3, 0.4) is 0 Å². The van der Waals surface area contributed by atoms with E-state index in [1.54, 1.807) is 30.0 Å². The number of para-hydroxylation sites is 1. The number of hydrogen-bond acceptors (Lipinski definition) is 4. The number of allylic oxidation sites excluding steroid dienone is 1. The van der Waals surface area contributed by atoms with E-state index in [9.17, 15) is 23.9 Å². The molecule has 0 fully saturated rings. The number of fused-ring (bicyclic) bond motifs is 3. The van der Waals surface area contributed by atoms with E-state index in [2.05, 4.69) is 5.32 Å². The van der Waals surface area contributed by atoms with Crippen LogP contribution < -0.4 is 15.0 Å². The van der Waals surface area contributed by atoms with Gasteiger partial charge in [0.05, 0.1) is 22.9 Å². The number of nitrogens with one attached hydrogen (secondary N) is 1. The first kappa shape index (κ1) is 26.4. The van der Waals surface area contributed by atoms with E-state index in [4.69, 9.17) is 16.3 Å². The van der Waals surface area contributed by atoms with Crippen molar-refractivity contribution in [3.05, 3.63) is 99.8 Å². The third-order valence-corrected chi connectivity index (χ3v) is 7.48. The smallest absolute Gasteiger partial charge is 0.331 e. The lowest BCUT2D eigenvalue weighted by atomic mass is 9.87. The summed E-state index contributed by atoms with van der Waals surface area (Å²) in [6.45, 7) is 2.50. The van der Waals surface area contributed by atoms with E-state index < -0.39 is 17.7 Å². The zero-order valence-electron chi connectivity index (χ0n) is 21.1. The highest BCUT2D eigenvalue weighted by atomic mass is 35.5. The molecule has 1 unspecified atom stereocenters. The number of carboxylic acid groups (broad SMARTS) is 1. The van der Waals surface area contributed by atoms with Crippen LogP contribution in [0.15, 0.2) is 72.3 Å². The molecule has 7 nitrogen and oxygen atoms in total. The molecule has 3 aromatic carbocycles. The van der Waals surface area contributed by atoms with E-state index in [-0.39, 0.29) is 34.9 Å². The highest BCUT2D eigenvalue weighted by molar-refractivity contribution is 6.34. The maximum atomic E-state index is 13.8. The molecule has 9 heteroatoms. The topological polar surface area (TPSA) is 95.9 Å². The molecule has 0 saturated heterocycles. The van der Waals surface area contributed by atoms with Gasteiger partial charge in [-0.3, -0.25) is 9.59 Å². The molecule has 5 rings (SSSR count). The summed E-state index contributed by atoms with van der Waals surface area (Å²) in [4.78, 5) is 39.9. The maximum absolute atomic E-state index is 13.8. The zero-order chi connectivity index (χ0) is 27.7. The number of benzene rings is 3. The molecule has 2 aliphatic rings. The van der Waals surface area contributed by atoms with Gasteiger partial charge in [-0.1, -0.05) is 35.9 Å². The second-order valence-corrected chi connectivity index (χ2v) is 9.92. The van der Waals surface area contributed by atoms with Crippen molar-refractivity contribution >= 4 is 40.8 Å². The molecular weight excluding hydrogens is 523 g/mol. The van der Waals surface area contributed by atoms with E-state index in [0.29, 0.717) is 42.0 Å². The number of anilines is 2. The Balaban J connectivity index is 1.45. The van der Waals surface area contributed by atoms with Crippen molar-refractivity contribution < 1.29 is 28.6 Å². The highest BCUT2D eigenvalue weighted by Crippen LogP contribution is 2.46. The van der Waals surface area contributed by atoms with Gasteiger partial charge in [0.15, 0.2) is 0 Å². The highest BCUT2D eigenvalue weighted by Gasteiger charge is 2.37. The van der Waals surface area contributed by atoms with Crippen LogP contribution in [-0.4, -0.2) is 36.0 Å². The average molecular weight is 549 g/mol. The maximum Gasteiger partial charge on any atom is 0.331 e. The van der Waals surface area contributed by atoms with Gasteiger partial charge in [0.2, 0.25) is 0 Å². The molecule has 0 bridgehead atoms. The van der Waals surface area contributed by atoms with Gasteiger partial charge in [0.1, 0.15) is 11.6 Å². The number of amides is 2. The van der Waals surface area contributed by atoms with Crippen molar-refractivity contribution in [1.29, 1.82) is 0 Å². The molecule has 2 N–H and O–H groups in total. The summed E-state index contributed by atoms with van der Waals surface area (Å²) in [6.07, 6.45) is 2.93. The number of aliphatic carboxylic acids is 1. The summed E-state index contributed by atoms with van der Waals surface area (Å²) in [6, 6.07) is 15.9. The van der Waals surface area contributed by atoms with Gasteiger partial charge in [-0.25, -0.2) is 9.18 Å². The molecule has 1 aliphatic heterocycles. The minimum Gasteiger partial charge on any atom is -0.492 e. The van der Waals surface area contributed by atoms with Gasteiger partial charge in [0.25, 0.3) is 11.8 Å². The number of ether oxygens (including phenoxy) is 1. The second kappa shape index (κ2) is 10.9. The van der Waals surface area contributed by atoms with Gasteiger partial charge in [-0.05, 0) is 73.7 Å². The fourth-order valence-electron chi connectivity index (χ4n) is 5.31. The number of carbonyl (C=O) groups excluding carboxylic acids is 2. The van der Waals surface area contributed by atoms with Crippen molar-refractivity contribution in [2.45, 2.75) is 25.7 Å². The van der Waals surface area contributed by atoms with Crippen LogP contribution in [0.4, 0.5) is 15.8 Å². The Bertz CT molecular complexity index is 1500. The lowest BCUT2D eigenvalue weighted by Crippen LogP contribution is -2.32. The standard InChI is InChI=1S/C30H26ClFN2O5/c1-2-39-27-15-18(7-10-25(27)33-28(35)23-16-20(32)8-9-24(23)31)29(36)34-12-11-17-13-19(30(37)38)14-22(17)21-5-3-4-6-26(21)34/h3-10,14-17,22H,2,11-13H2,1H3,(H,33,35)(H,37,38)/t17?,22-/m0/s1. The van der Waals surface area contributed by atoms with Crippen molar-refractivity contribution in [2.24, 2.45) is 5.92 Å². The van der Waals surface area contributed by atoms with Gasteiger partial charge in [0, 0.05) is 29.3 Å². The largest absolute Gasteiger partial charge is 0.492 e. The second-order valence-electron chi connectivity index (χ2n) is 9.51. The molecular formula is C30H26ClFN2O5. The van der Waals surface area contributed by atoms with Gasteiger partial charge >= 0.3 is 5.97 Å². The lowest BCUT2D eigenvalue weighted by Gasteiger charge is -2.24. The molecule has 0 radical (unpaired) electrons. The van der Waals surface area contributed by atoms with Crippen LogP contribution in [0.1, 0.15) is 52.0 Å². The molecule has 2 amide bonds. The molecule has 200 valence electrons.